The van der Waals surface area contributed by atoms with Crippen molar-refractivity contribution < 1.29 is 4.39 Å². The summed E-state index contributed by atoms with van der Waals surface area (Å²) in [4.78, 5) is 13.2. The molecule has 98 valence electrons. The summed E-state index contributed by atoms with van der Waals surface area (Å²) in [5.41, 5.74) is 3.99. The van der Waals surface area contributed by atoms with E-state index >= 15 is 0 Å². The highest BCUT2D eigenvalue weighted by molar-refractivity contribution is 5.50. The zero-order chi connectivity index (χ0) is 13.2. The summed E-state index contributed by atoms with van der Waals surface area (Å²) in [5, 5.41) is 3.31. The van der Waals surface area contributed by atoms with Gasteiger partial charge in [0, 0.05) is 12.2 Å². The van der Waals surface area contributed by atoms with E-state index in [1.807, 2.05) is 0 Å². The van der Waals surface area contributed by atoms with E-state index in [2.05, 4.69) is 27.2 Å². The largest absolute Gasteiger partial charge is 0.311 e. The van der Waals surface area contributed by atoms with Crippen molar-refractivity contribution in [3.8, 4) is 11.5 Å². The van der Waals surface area contributed by atoms with Crippen molar-refractivity contribution in [3.05, 3.63) is 41.1 Å². The predicted octanol–water partition coefficient (Wildman–Crippen LogP) is 1.89. The van der Waals surface area contributed by atoms with Gasteiger partial charge in [0.05, 0.1) is 11.9 Å². The number of rotatable bonds is 2. The Hall–Kier alpha value is -1.88. The first-order valence-electron chi connectivity index (χ1n) is 6.49. The van der Waals surface area contributed by atoms with Crippen LogP contribution in [0.25, 0.3) is 11.5 Å². The number of nitrogens with zero attached hydrogens (tertiary/aromatic N) is 3. The first-order valence-corrected chi connectivity index (χ1v) is 6.49. The first-order chi connectivity index (χ1) is 9.28. The van der Waals surface area contributed by atoms with Crippen LogP contribution in [0.2, 0.25) is 0 Å². The molecule has 19 heavy (non-hydrogen) atoms. The molecular weight excluding hydrogens is 243 g/mol. The molecule has 5 heteroatoms. The average Bonchev–Trinajstić information content (AvgIpc) is 2.47. The van der Waals surface area contributed by atoms with Crippen molar-refractivity contribution in [2.45, 2.75) is 26.3 Å². The van der Waals surface area contributed by atoms with Crippen LogP contribution in [0.15, 0.2) is 18.3 Å². The molecule has 4 nitrogen and oxygen atoms in total. The molecule has 3 heterocycles. The number of aromatic nitrogens is 3. The smallest absolute Gasteiger partial charge is 0.178 e. The second-order valence-electron chi connectivity index (χ2n) is 4.56. The van der Waals surface area contributed by atoms with E-state index in [1.165, 1.54) is 17.8 Å². The van der Waals surface area contributed by atoms with Gasteiger partial charge in [0.25, 0.3) is 0 Å². The minimum absolute atomic E-state index is 0.348. The Labute approximate surface area is 111 Å². The number of aryl methyl sites for hydroxylation is 1. The lowest BCUT2D eigenvalue weighted by molar-refractivity contribution is 0.615. The predicted molar refractivity (Wildman–Crippen MR) is 70.0 cm³/mol. The van der Waals surface area contributed by atoms with Crippen molar-refractivity contribution in [2.75, 3.05) is 6.54 Å². The molecule has 0 saturated heterocycles. The fraction of sp³-hybridized carbons (Fsp3) is 0.357. The normalized spacial score (nSPS) is 14.2. The summed E-state index contributed by atoms with van der Waals surface area (Å²) in [6.07, 6.45) is 3.04. The van der Waals surface area contributed by atoms with E-state index in [0.717, 1.165) is 37.3 Å². The van der Waals surface area contributed by atoms with Crippen molar-refractivity contribution >= 4 is 0 Å². The number of hydrogen-bond acceptors (Lipinski definition) is 4. The Bertz CT molecular complexity index is 578. The van der Waals surface area contributed by atoms with E-state index < -0.39 is 0 Å². The molecule has 0 aromatic carbocycles. The summed E-state index contributed by atoms with van der Waals surface area (Å²) in [6.45, 7) is 3.82. The van der Waals surface area contributed by atoms with Crippen LogP contribution >= 0.6 is 0 Å². The standard InChI is InChI=1S/C14H15FN4/c1-2-11-10-5-6-16-8-13(10)19-14(18-11)12-4-3-9(15)7-17-12/h3-4,7,16H,2,5-6,8H2,1H3. The molecule has 3 rings (SSSR count). The molecule has 0 saturated carbocycles. The average molecular weight is 258 g/mol. The third kappa shape index (κ3) is 2.33. The van der Waals surface area contributed by atoms with Crippen molar-refractivity contribution in [3.63, 3.8) is 0 Å². The molecule has 0 spiro atoms. The molecule has 2 aromatic heterocycles. The molecule has 0 unspecified atom stereocenters. The Morgan fingerprint density at radius 3 is 2.95 bits per heavy atom. The third-order valence-corrected chi connectivity index (χ3v) is 3.31. The Kier molecular flexibility index (Phi) is 3.21. The number of nitrogens with one attached hydrogen (secondary N) is 1. The molecule has 0 radical (unpaired) electrons. The summed E-state index contributed by atoms with van der Waals surface area (Å²) in [6, 6.07) is 3.00. The van der Waals surface area contributed by atoms with Gasteiger partial charge in [0.2, 0.25) is 0 Å². The molecule has 0 fully saturated rings. The van der Waals surface area contributed by atoms with Gasteiger partial charge in [-0.2, -0.15) is 0 Å². The fourth-order valence-electron chi connectivity index (χ4n) is 2.35. The highest BCUT2D eigenvalue weighted by Gasteiger charge is 2.17. The van der Waals surface area contributed by atoms with Crippen LogP contribution in [0.4, 0.5) is 4.39 Å². The molecule has 0 aliphatic carbocycles. The second kappa shape index (κ2) is 5.01. The van der Waals surface area contributed by atoms with Gasteiger partial charge in [-0.1, -0.05) is 6.92 Å². The Balaban J connectivity index is 2.09. The zero-order valence-corrected chi connectivity index (χ0v) is 10.8. The lowest BCUT2D eigenvalue weighted by Crippen LogP contribution is -2.26. The number of fused-ring (bicyclic) bond motifs is 1. The molecular formula is C14H15FN4. The Morgan fingerprint density at radius 2 is 2.21 bits per heavy atom. The fourth-order valence-corrected chi connectivity index (χ4v) is 2.35. The van der Waals surface area contributed by atoms with Crippen LogP contribution in [-0.4, -0.2) is 21.5 Å². The maximum absolute atomic E-state index is 12.9. The van der Waals surface area contributed by atoms with Gasteiger partial charge in [-0.05, 0) is 37.1 Å². The van der Waals surface area contributed by atoms with Gasteiger partial charge in [0.1, 0.15) is 11.5 Å². The summed E-state index contributed by atoms with van der Waals surface area (Å²) in [5.74, 6) is 0.235. The molecule has 2 aromatic rings. The van der Waals surface area contributed by atoms with E-state index in [4.69, 9.17) is 0 Å². The monoisotopic (exact) mass is 258 g/mol. The zero-order valence-electron chi connectivity index (χ0n) is 10.8. The van der Waals surface area contributed by atoms with Crippen molar-refractivity contribution in [2.24, 2.45) is 0 Å². The molecule has 0 bridgehead atoms. The van der Waals surface area contributed by atoms with Crippen LogP contribution in [0.1, 0.15) is 23.9 Å². The van der Waals surface area contributed by atoms with Gasteiger partial charge < -0.3 is 5.32 Å². The van der Waals surface area contributed by atoms with E-state index in [0.29, 0.717) is 11.5 Å². The van der Waals surface area contributed by atoms with Crippen LogP contribution in [0.5, 0.6) is 0 Å². The number of halogens is 1. The van der Waals surface area contributed by atoms with Crippen LogP contribution in [0.3, 0.4) is 0 Å². The Morgan fingerprint density at radius 1 is 1.32 bits per heavy atom. The van der Waals surface area contributed by atoms with E-state index in [9.17, 15) is 4.39 Å². The summed E-state index contributed by atoms with van der Waals surface area (Å²) >= 11 is 0. The molecule has 0 amide bonds. The molecule has 1 N–H and O–H groups in total. The maximum atomic E-state index is 12.9. The van der Waals surface area contributed by atoms with E-state index in [-0.39, 0.29) is 5.82 Å². The SMILES string of the molecule is CCc1nc(-c2ccc(F)cn2)nc2c1CCNC2. The van der Waals surface area contributed by atoms with Crippen LogP contribution in [-0.2, 0) is 19.4 Å². The second-order valence-corrected chi connectivity index (χ2v) is 4.56. The van der Waals surface area contributed by atoms with Gasteiger partial charge in [-0.3, -0.25) is 0 Å². The minimum atomic E-state index is -0.348. The quantitative estimate of drug-likeness (QED) is 0.893. The van der Waals surface area contributed by atoms with Gasteiger partial charge in [-0.15, -0.1) is 0 Å². The number of pyridine rings is 1. The van der Waals surface area contributed by atoms with Crippen LogP contribution in [0, 0.1) is 5.82 Å². The molecule has 1 aliphatic heterocycles. The topological polar surface area (TPSA) is 50.7 Å². The van der Waals surface area contributed by atoms with Crippen LogP contribution < -0.4 is 5.32 Å². The summed E-state index contributed by atoms with van der Waals surface area (Å²) in [7, 11) is 0. The highest BCUT2D eigenvalue weighted by atomic mass is 19.1. The number of hydrogen-bond donors (Lipinski definition) is 1. The van der Waals surface area contributed by atoms with Crippen molar-refractivity contribution in [1.82, 2.24) is 20.3 Å². The maximum Gasteiger partial charge on any atom is 0.178 e. The van der Waals surface area contributed by atoms with Crippen molar-refractivity contribution in [1.29, 1.82) is 0 Å². The van der Waals surface area contributed by atoms with Gasteiger partial charge >= 0.3 is 0 Å². The van der Waals surface area contributed by atoms with E-state index in [1.54, 1.807) is 6.07 Å². The lowest BCUT2D eigenvalue weighted by Gasteiger charge is -2.19. The van der Waals surface area contributed by atoms with Gasteiger partial charge in [0.15, 0.2) is 5.82 Å². The minimum Gasteiger partial charge on any atom is -0.311 e. The third-order valence-electron chi connectivity index (χ3n) is 3.31. The van der Waals surface area contributed by atoms with Gasteiger partial charge in [-0.25, -0.2) is 19.3 Å². The molecule has 1 aliphatic rings. The summed E-state index contributed by atoms with van der Waals surface area (Å²) < 4.78 is 12.9. The lowest BCUT2D eigenvalue weighted by atomic mass is 10.0. The first kappa shape index (κ1) is 12.2. The molecule has 0 atom stereocenters. The highest BCUT2D eigenvalue weighted by Crippen LogP contribution is 2.20.